The van der Waals surface area contributed by atoms with Crippen molar-refractivity contribution in [2.45, 2.75) is 26.8 Å². The first kappa shape index (κ1) is 23.1. The van der Waals surface area contributed by atoms with E-state index in [4.69, 9.17) is 9.47 Å². The van der Waals surface area contributed by atoms with Crippen LogP contribution in [0.3, 0.4) is 0 Å². The maximum absolute atomic E-state index is 5.92. The Morgan fingerprint density at radius 2 is 1.39 bits per heavy atom. The largest absolute Gasteiger partial charge is 0.369 e. The minimum absolute atomic E-state index is 0.437. The van der Waals surface area contributed by atoms with E-state index >= 15 is 0 Å². The molecule has 4 rings (SSSR count). The topological polar surface area (TPSA) is 29.9 Å². The molecule has 2 aromatic carbocycles. The SMILES string of the molecule is CCOC(OCC)n1cc(C#Cc2ccccc2)cc1CN1CCN(c2ccccc2)CC1. The fourth-order valence-electron chi connectivity index (χ4n) is 4.11. The molecule has 0 radical (unpaired) electrons. The van der Waals surface area contributed by atoms with Crippen molar-refractivity contribution in [3.05, 3.63) is 89.7 Å². The molecule has 1 aliphatic heterocycles. The van der Waals surface area contributed by atoms with Crippen molar-refractivity contribution < 1.29 is 9.47 Å². The summed E-state index contributed by atoms with van der Waals surface area (Å²) in [7, 11) is 0. The standard InChI is InChI=1S/C28H33N3O2/c1-3-32-28(33-4-2)31-22-25(16-15-24-11-7-5-8-12-24)21-27(31)23-29-17-19-30(20-18-29)26-13-9-6-10-14-26/h5-14,21-22,28H,3-4,17-20,23H2,1-2H3. The summed E-state index contributed by atoms with van der Waals surface area (Å²) in [6.45, 7) is 10.1. The van der Waals surface area contributed by atoms with Crippen molar-refractivity contribution in [2.24, 2.45) is 0 Å². The van der Waals surface area contributed by atoms with Crippen LogP contribution in [0.25, 0.3) is 0 Å². The number of anilines is 1. The summed E-state index contributed by atoms with van der Waals surface area (Å²) in [5.41, 5.74) is 4.44. The second-order valence-corrected chi connectivity index (χ2v) is 8.06. The van der Waals surface area contributed by atoms with E-state index in [1.54, 1.807) is 0 Å². The highest BCUT2D eigenvalue weighted by Crippen LogP contribution is 2.21. The van der Waals surface area contributed by atoms with Crippen molar-refractivity contribution in [2.75, 3.05) is 44.3 Å². The van der Waals surface area contributed by atoms with Crippen molar-refractivity contribution >= 4 is 5.69 Å². The van der Waals surface area contributed by atoms with Crippen molar-refractivity contribution in [3.8, 4) is 11.8 Å². The van der Waals surface area contributed by atoms with Gasteiger partial charge in [-0.1, -0.05) is 48.2 Å². The van der Waals surface area contributed by atoms with Crippen LogP contribution in [0, 0.1) is 11.8 Å². The average molecular weight is 444 g/mol. The number of piperazine rings is 1. The van der Waals surface area contributed by atoms with Gasteiger partial charge in [0.25, 0.3) is 0 Å². The molecule has 1 fully saturated rings. The number of rotatable bonds is 8. The second-order valence-electron chi connectivity index (χ2n) is 8.06. The Morgan fingerprint density at radius 1 is 0.788 bits per heavy atom. The molecule has 5 nitrogen and oxygen atoms in total. The normalized spacial score (nSPS) is 14.3. The van der Waals surface area contributed by atoms with E-state index in [9.17, 15) is 0 Å². The lowest BCUT2D eigenvalue weighted by Crippen LogP contribution is -2.46. The Bertz CT molecular complexity index is 1040. The number of ether oxygens (including phenoxy) is 2. The summed E-state index contributed by atoms with van der Waals surface area (Å²) in [4.78, 5) is 4.95. The van der Waals surface area contributed by atoms with Gasteiger partial charge in [0.15, 0.2) is 0 Å². The maximum atomic E-state index is 5.92. The van der Waals surface area contributed by atoms with Crippen LogP contribution in [-0.2, 0) is 16.0 Å². The highest BCUT2D eigenvalue weighted by atomic mass is 16.7. The number of hydrogen-bond donors (Lipinski definition) is 0. The third kappa shape index (κ3) is 6.27. The van der Waals surface area contributed by atoms with Gasteiger partial charge in [-0.25, -0.2) is 0 Å². The first-order chi connectivity index (χ1) is 16.3. The Kier molecular flexibility index (Phi) is 8.21. The van der Waals surface area contributed by atoms with E-state index in [1.165, 1.54) is 5.69 Å². The predicted octanol–water partition coefficient (Wildman–Crippen LogP) is 4.74. The molecule has 0 bridgehead atoms. The lowest BCUT2D eigenvalue weighted by Gasteiger charge is -2.36. The molecule has 0 N–H and O–H groups in total. The Labute approximate surface area is 197 Å². The number of para-hydroxylation sites is 1. The molecular weight excluding hydrogens is 410 g/mol. The van der Waals surface area contributed by atoms with E-state index in [-0.39, 0.29) is 0 Å². The summed E-state index contributed by atoms with van der Waals surface area (Å²) >= 11 is 0. The minimum Gasteiger partial charge on any atom is -0.369 e. The second kappa shape index (κ2) is 11.7. The van der Waals surface area contributed by atoms with Gasteiger partial charge in [-0.2, -0.15) is 0 Å². The Hall–Kier alpha value is -3.04. The molecule has 33 heavy (non-hydrogen) atoms. The van der Waals surface area contributed by atoms with E-state index < -0.39 is 6.41 Å². The fraction of sp³-hybridized carbons (Fsp3) is 0.357. The summed E-state index contributed by atoms with van der Waals surface area (Å²) < 4.78 is 13.9. The van der Waals surface area contributed by atoms with Gasteiger partial charge >= 0.3 is 0 Å². The van der Waals surface area contributed by atoms with Gasteiger partial charge in [-0.05, 0) is 44.2 Å². The summed E-state index contributed by atoms with van der Waals surface area (Å²) in [5.74, 6) is 6.58. The van der Waals surface area contributed by atoms with Gasteiger partial charge in [-0.3, -0.25) is 4.90 Å². The molecule has 1 aromatic heterocycles. The van der Waals surface area contributed by atoms with Crippen molar-refractivity contribution in [1.29, 1.82) is 0 Å². The van der Waals surface area contributed by atoms with Crippen LogP contribution in [-0.4, -0.2) is 48.9 Å². The van der Waals surface area contributed by atoms with Gasteiger partial charge in [0.2, 0.25) is 6.41 Å². The molecule has 1 saturated heterocycles. The lowest BCUT2D eigenvalue weighted by atomic mass is 10.2. The highest BCUT2D eigenvalue weighted by Gasteiger charge is 2.21. The molecule has 172 valence electrons. The molecule has 3 aromatic rings. The zero-order chi connectivity index (χ0) is 22.9. The Balaban J connectivity index is 1.50. The van der Waals surface area contributed by atoms with Gasteiger partial charge < -0.3 is 18.9 Å². The molecule has 0 spiro atoms. The predicted molar refractivity (Wildman–Crippen MR) is 133 cm³/mol. The monoisotopic (exact) mass is 443 g/mol. The van der Waals surface area contributed by atoms with Crippen LogP contribution in [0.5, 0.6) is 0 Å². The third-order valence-electron chi connectivity index (χ3n) is 5.78. The van der Waals surface area contributed by atoms with Crippen LogP contribution < -0.4 is 4.90 Å². The molecule has 5 heteroatoms. The van der Waals surface area contributed by atoms with Crippen molar-refractivity contribution in [1.82, 2.24) is 9.47 Å². The van der Waals surface area contributed by atoms with E-state index in [2.05, 4.69) is 68.8 Å². The van der Waals surface area contributed by atoms with Crippen LogP contribution in [0.1, 0.15) is 37.1 Å². The first-order valence-corrected chi connectivity index (χ1v) is 11.8. The smallest absolute Gasteiger partial charge is 0.244 e. The number of benzene rings is 2. The Morgan fingerprint density at radius 3 is 2.03 bits per heavy atom. The molecule has 0 amide bonds. The molecule has 0 saturated carbocycles. The van der Waals surface area contributed by atoms with E-state index in [0.29, 0.717) is 13.2 Å². The van der Waals surface area contributed by atoms with Crippen LogP contribution >= 0.6 is 0 Å². The van der Waals surface area contributed by atoms with Crippen molar-refractivity contribution in [3.63, 3.8) is 0 Å². The van der Waals surface area contributed by atoms with Crippen LogP contribution in [0.15, 0.2) is 72.9 Å². The molecule has 2 heterocycles. The molecule has 0 atom stereocenters. The zero-order valence-corrected chi connectivity index (χ0v) is 19.6. The lowest BCUT2D eigenvalue weighted by molar-refractivity contribution is -0.187. The molecular formula is C28H33N3O2. The molecule has 1 aliphatic rings. The fourth-order valence-corrected chi connectivity index (χ4v) is 4.11. The molecule has 0 unspecified atom stereocenters. The number of aromatic nitrogens is 1. The number of hydrogen-bond acceptors (Lipinski definition) is 4. The molecule has 0 aliphatic carbocycles. The summed E-state index contributed by atoms with van der Waals surface area (Å²) in [6.07, 6.45) is 1.62. The van der Waals surface area contributed by atoms with Gasteiger partial charge in [-0.15, -0.1) is 0 Å². The maximum Gasteiger partial charge on any atom is 0.244 e. The van der Waals surface area contributed by atoms with Gasteiger partial charge in [0.05, 0.1) is 0 Å². The minimum atomic E-state index is -0.437. The van der Waals surface area contributed by atoms with E-state index in [1.807, 2.05) is 44.2 Å². The summed E-state index contributed by atoms with van der Waals surface area (Å²) in [5, 5.41) is 0. The average Bonchev–Trinajstić information content (AvgIpc) is 3.27. The quantitative estimate of drug-likeness (QED) is 0.372. The van der Waals surface area contributed by atoms with E-state index in [0.717, 1.165) is 49.5 Å². The third-order valence-corrected chi connectivity index (χ3v) is 5.78. The van der Waals surface area contributed by atoms with Gasteiger partial charge in [0.1, 0.15) is 0 Å². The summed E-state index contributed by atoms with van der Waals surface area (Å²) in [6, 6.07) is 22.9. The van der Waals surface area contributed by atoms with Crippen LogP contribution in [0.2, 0.25) is 0 Å². The van der Waals surface area contributed by atoms with Crippen LogP contribution in [0.4, 0.5) is 5.69 Å². The zero-order valence-electron chi connectivity index (χ0n) is 19.6. The number of nitrogens with zero attached hydrogens (tertiary/aromatic N) is 3. The van der Waals surface area contributed by atoms with Gasteiger partial charge in [0, 0.05) is 74.6 Å². The first-order valence-electron chi connectivity index (χ1n) is 11.8. The highest BCUT2D eigenvalue weighted by molar-refractivity contribution is 5.46.